The van der Waals surface area contributed by atoms with E-state index in [1.165, 1.54) is 0 Å². The number of aromatic nitrogens is 3. The number of nitrogens with one attached hydrogen (secondary N) is 2. The van der Waals surface area contributed by atoms with Crippen LogP contribution < -0.4 is 10.1 Å². The Balaban J connectivity index is 1.48. The van der Waals surface area contributed by atoms with E-state index in [4.69, 9.17) is 4.74 Å². The van der Waals surface area contributed by atoms with Gasteiger partial charge in [0.2, 0.25) is 0 Å². The van der Waals surface area contributed by atoms with Crippen LogP contribution in [0.15, 0.2) is 67.0 Å². The molecule has 140 valence electrons. The van der Waals surface area contributed by atoms with Gasteiger partial charge in [-0.3, -0.25) is 10.1 Å². The molecule has 0 amide bonds. The van der Waals surface area contributed by atoms with Crippen LogP contribution in [0, 0.1) is 0 Å². The molecule has 2 aromatic carbocycles. The molecule has 0 radical (unpaired) electrons. The molecule has 0 bridgehead atoms. The van der Waals surface area contributed by atoms with Gasteiger partial charge in [-0.05, 0) is 30.3 Å². The van der Waals surface area contributed by atoms with Crippen LogP contribution >= 0.6 is 0 Å². The molecule has 0 aliphatic carbocycles. The highest BCUT2D eigenvalue weighted by atomic mass is 16.5. The average molecular weight is 374 g/mol. The van der Waals surface area contributed by atoms with Gasteiger partial charge in [0.25, 0.3) is 0 Å². The monoisotopic (exact) mass is 374 g/mol. The fraction of sp³-hybridized carbons (Fsp3) is 0.0952. The van der Waals surface area contributed by atoms with Crippen molar-refractivity contribution in [2.24, 2.45) is 0 Å². The standard InChI is InChI=1S/C21H18N4O3/c26-21(27)20-17-10-16(7-8-18(17)24-25-20)23-12-15-5-1-2-6-19(15)28-13-14-4-3-9-22-11-14/h1-11,23H,12-13H2,(H,24,25)(H,26,27). The highest BCUT2D eigenvalue weighted by Gasteiger charge is 2.13. The summed E-state index contributed by atoms with van der Waals surface area (Å²) in [5.41, 5.74) is 3.49. The largest absolute Gasteiger partial charge is 0.488 e. The van der Waals surface area contributed by atoms with Gasteiger partial charge >= 0.3 is 5.97 Å². The summed E-state index contributed by atoms with van der Waals surface area (Å²) in [5, 5.41) is 19.7. The summed E-state index contributed by atoms with van der Waals surface area (Å²) < 4.78 is 5.95. The maximum atomic E-state index is 11.3. The Morgan fingerprint density at radius 1 is 1.14 bits per heavy atom. The maximum Gasteiger partial charge on any atom is 0.357 e. The van der Waals surface area contributed by atoms with Gasteiger partial charge in [-0.25, -0.2) is 4.79 Å². The number of para-hydroxylation sites is 1. The van der Waals surface area contributed by atoms with Crippen LogP contribution in [0.4, 0.5) is 5.69 Å². The third kappa shape index (κ3) is 3.78. The molecule has 0 aliphatic rings. The zero-order valence-corrected chi connectivity index (χ0v) is 14.9. The van der Waals surface area contributed by atoms with Crippen molar-refractivity contribution in [3.63, 3.8) is 0 Å². The second kappa shape index (κ2) is 7.79. The highest BCUT2D eigenvalue weighted by molar-refractivity contribution is 6.01. The van der Waals surface area contributed by atoms with Crippen molar-refractivity contribution in [1.29, 1.82) is 0 Å². The van der Waals surface area contributed by atoms with Crippen molar-refractivity contribution < 1.29 is 14.6 Å². The van der Waals surface area contributed by atoms with Gasteiger partial charge < -0.3 is 15.2 Å². The first kappa shape index (κ1) is 17.5. The maximum absolute atomic E-state index is 11.3. The predicted molar refractivity (Wildman–Crippen MR) is 105 cm³/mol. The summed E-state index contributed by atoms with van der Waals surface area (Å²) >= 11 is 0. The molecule has 7 heteroatoms. The van der Waals surface area contributed by atoms with Gasteiger partial charge in [0.1, 0.15) is 12.4 Å². The molecule has 28 heavy (non-hydrogen) atoms. The number of pyridine rings is 1. The Morgan fingerprint density at radius 2 is 2.04 bits per heavy atom. The highest BCUT2D eigenvalue weighted by Crippen LogP contribution is 2.24. The minimum atomic E-state index is -1.06. The lowest BCUT2D eigenvalue weighted by Gasteiger charge is -2.13. The molecule has 7 nitrogen and oxygen atoms in total. The summed E-state index contributed by atoms with van der Waals surface area (Å²) in [5.74, 6) is -0.271. The Hall–Kier alpha value is -3.87. The quantitative estimate of drug-likeness (QED) is 0.454. The Kier molecular flexibility index (Phi) is 4.88. The molecule has 0 unspecified atom stereocenters. The number of aromatic amines is 1. The normalized spacial score (nSPS) is 10.7. The molecule has 0 aliphatic heterocycles. The first-order valence-corrected chi connectivity index (χ1v) is 8.75. The topological polar surface area (TPSA) is 100 Å². The first-order chi connectivity index (χ1) is 13.7. The zero-order chi connectivity index (χ0) is 19.3. The summed E-state index contributed by atoms with van der Waals surface area (Å²) in [7, 11) is 0. The molecule has 4 rings (SSSR count). The molecule has 3 N–H and O–H groups in total. The molecule has 4 aromatic rings. The number of ether oxygens (including phenoxy) is 1. The molecule has 0 atom stereocenters. The van der Waals surface area contributed by atoms with Crippen LogP contribution in [0.5, 0.6) is 5.75 Å². The lowest BCUT2D eigenvalue weighted by Crippen LogP contribution is -2.04. The lowest BCUT2D eigenvalue weighted by molar-refractivity contribution is 0.0692. The number of benzene rings is 2. The second-order valence-electron chi connectivity index (χ2n) is 6.25. The van der Waals surface area contributed by atoms with E-state index in [-0.39, 0.29) is 5.69 Å². The summed E-state index contributed by atoms with van der Waals surface area (Å²) in [6.07, 6.45) is 3.51. The average Bonchev–Trinajstić information content (AvgIpc) is 3.15. The van der Waals surface area contributed by atoms with Gasteiger partial charge in [-0.1, -0.05) is 24.3 Å². The van der Waals surface area contributed by atoms with E-state index in [2.05, 4.69) is 20.5 Å². The number of H-pyrrole nitrogens is 1. The lowest BCUT2D eigenvalue weighted by atomic mass is 10.1. The number of hydrogen-bond acceptors (Lipinski definition) is 5. The van der Waals surface area contributed by atoms with E-state index in [0.29, 0.717) is 24.1 Å². The minimum absolute atomic E-state index is 0.0128. The molecule has 0 spiro atoms. The van der Waals surface area contributed by atoms with Crippen LogP contribution in [0.1, 0.15) is 21.6 Å². The number of nitrogens with zero attached hydrogens (tertiary/aromatic N) is 2. The first-order valence-electron chi connectivity index (χ1n) is 8.75. The number of rotatable bonds is 7. The molecular weight excluding hydrogens is 356 g/mol. The number of carboxylic acid groups (broad SMARTS) is 1. The van der Waals surface area contributed by atoms with Crippen molar-refractivity contribution in [1.82, 2.24) is 15.2 Å². The number of aromatic carboxylic acids is 1. The minimum Gasteiger partial charge on any atom is -0.488 e. The molecular formula is C21H18N4O3. The van der Waals surface area contributed by atoms with E-state index in [0.717, 1.165) is 22.6 Å². The van der Waals surface area contributed by atoms with E-state index in [1.807, 2.05) is 48.5 Å². The Bertz CT molecular complexity index is 1110. The van der Waals surface area contributed by atoms with Gasteiger partial charge in [0.05, 0.1) is 5.52 Å². The number of fused-ring (bicyclic) bond motifs is 1. The van der Waals surface area contributed by atoms with Gasteiger partial charge in [0.15, 0.2) is 5.69 Å². The molecule has 0 fully saturated rings. The molecule has 0 saturated heterocycles. The Labute approximate surface area is 161 Å². The Morgan fingerprint density at radius 3 is 2.86 bits per heavy atom. The second-order valence-corrected chi connectivity index (χ2v) is 6.25. The van der Waals surface area contributed by atoms with E-state index in [9.17, 15) is 9.90 Å². The smallest absolute Gasteiger partial charge is 0.357 e. The number of anilines is 1. The van der Waals surface area contributed by atoms with E-state index < -0.39 is 5.97 Å². The van der Waals surface area contributed by atoms with Crippen LogP contribution in [0.2, 0.25) is 0 Å². The number of carbonyl (C=O) groups is 1. The summed E-state index contributed by atoms with van der Waals surface area (Å²) in [6, 6.07) is 17.1. The number of carboxylic acids is 1. The number of hydrogen-bond donors (Lipinski definition) is 3. The van der Waals surface area contributed by atoms with Crippen molar-refractivity contribution >= 4 is 22.6 Å². The van der Waals surface area contributed by atoms with E-state index >= 15 is 0 Å². The predicted octanol–water partition coefficient (Wildman–Crippen LogP) is 3.85. The van der Waals surface area contributed by atoms with Gasteiger partial charge in [-0.2, -0.15) is 5.10 Å². The van der Waals surface area contributed by atoms with Crippen molar-refractivity contribution in [2.75, 3.05) is 5.32 Å². The summed E-state index contributed by atoms with van der Waals surface area (Å²) in [6.45, 7) is 0.975. The van der Waals surface area contributed by atoms with E-state index in [1.54, 1.807) is 18.5 Å². The zero-order valence-electron chi connectivity index (χ0n) is 14.9. The van der Waals surface area contributed by atoms with Crippen molar-refractivity contribution in [3.05, 3.63) is 83.8 Å². The van der Waals surface area contributed by atoms with Gasteiger partial charge in [-0.15, -0.1) is 0 Å². The summed E-state index contributed by atoms with van der Waals surface area (Å²) in [4.78, 5) is 15.4. The molecule has 0 saturated carbocycles. The SMILES string of the molecule is O=C(O)c1n[nH]c2ccc(NCc3ccccc3OCc3cccnc3)cc12. The van der Waals surface area contributed by atoms with Crippen LogP contribution in [-0.4, -0.2) is 26.3 Å². The third-order valence-electron chi connectivity index (χ3n) is 4.34. The van der Waals surface area contributed by atoms with Crippen LogP contribution in [0.3, 0.4) is 0 Å². The molecule has 2 aromatic heterocycles. The van der Waals surface area contributed by atoms with Gasteiger partial charge in [0, 0.05) is 41.1 Å². The van der Waals surface area contributed by atoms with Crippen molar-refractivity contribution in [3.8, 4) is 5.75 Å². The fourth-order valence-electron chi connectivity index (χ4n) is 2.92. The molecule has 2 heterocycles. The van der Waals surface area contributed by atoms with Crippen LogP contribution in [0.25, 0.3) is 10.9 Å². The van der Waals surface area contributed by atoms with Crippen LogP contribution in [-0.2, 0) is 13.2 Å². The fourth-order valence-corrected chi connectivity index (χ4v) is 2.92. The third-order valence-corrected chi connectivity index (χ3v) is 4.34. The van der Waals surface area contributed by atoms with Crippen molar-refractivity contribution in [2.45, 2.75) is 13.2 Å².